The van der Waals surface area contributed by atoms with E-state index < -0.39 is 0 Å². The number of fused-ring (bicyclic) bond motifs is 1. The molecule has 0 aromatic carbocycles. The van der Waals surface area contributed by atoms with E-state index in [1.54, 1.807) is 37.6 Å². The first kappa shape index (κ1) is 19.5. The van der Waals surface area contributed by atoms with Crippen molar-refractivity contribution in [1.82, 2.24) is 30.0 Å². The highest BCUT2D eigenvalue weighted by Gasteiger charge is 2.14. The Bertz CT molecular complexity index is 1010. The Morgan fingerprint density at radius 3 is 2.82 bits per heavy atom. The second kappa shape index (κ2) is 8.65. The quantitative estimate of drug-likeness (QED) is 0.478. The molecule has 3 aromatic heterocycles. The minimum absolute atomic E-state index is 0.0123. The van der Waals surface area contributed by atoms with E-state index in [0.717, 1.165) is 4.31 Å². The predicted molar refractivity (Wildman–Crippen MR) is 106 cm³/mol. The van der Waals surface area contributed by atoms with Crippen molar-refractivity contribution >= 4 is 41.8 Å². The Morgan fingerprint density at radius 1 is 1.25 bits per heavy atom. The predicted octanol–water partition coefficient (Wildman–Crippen LogP) is 1.83. The summed E-state index contributed by atoms with van der Waals surface area (Å²) in [5, 5.41) is 6.78. The van der Waals surface area contributed by atoms with Crippen LogP contribution in [0.1, 0.15) is 13.8 Å². The Labute approximate surface area is 166 Å². The number of nitrogens with zero attached hydrogens (tertiary/aromatic N) is 6. The lowest BCUT2D eigenvalue weighted by Crippen LogP contribution is -2.34. The zero-order chi connectivity index (χ0) is 20.1. The zero-order valence-corrected chi connectivity index (χ0v) is 16.3. The number of hydrogen-bond acceptors (Lipinski definition) is 8. The number of urea groups is 1. The van der Waals surface area contributed by atoms with E-state index in [0.29, 0.717) is 41.4 Å². The van der Waals surface area contributed by atoms with Gasteiger partial charge in [-0.25, -0.2) is 19.1 Å². The van der Waals surface area contributed by atoms with Gasteiger partial charge in [0.2, 0.25) is 0 Å². The number of carbonyl (C=O) groups is 2. The fourth-order valence-electron chi connectivity index (χ4n) is 2.40. The van der Waals surface area contributed by atoms with Crippen molar-refractivity contribution < 1.29 is 14.3 Å². The largest absolute Gasteiger partial charge is 0.465 e. The van der Waals surface area contributed by atoms with Crippen molar-refractivity contribution in [2.24, 2.45) is 0 Å². The average molecular weight is 401 g/mol. The number of amides is 2. The summed E-state index contributed by atoms with van der Waals surface area (Å²) in [5.74, 6) is -0.0430. The molecule has 11 heteroatoms. The van der Waals surface area contributed by atoms with Crippen LogP contribution in [0.25, 0.3) is 22.4 Å². The van der Waals surface area contributed by atoms with E-state index in [1.807, 2.05) is 6.92 Å². The minimum Gasteiger partial charge on any atom is -0.465 e. The van der Waals surface area contributed by atoms with Gasteiger partial charge in [-0.1, -0.05) is 12.8 Å². The van der Waals surface area contributed by atoms with Crippen LogP contribution in [-0.2, 0) is 16.1 Å². The maximum Gasteiger partial charge on any atom is 0.333 e. The van der Waals surface area contributed by atoms with Crippen LogP contribution in [0.5, 0.6) is 0 Å². The molecule has 0 aliphatic carbocycles. The molecule has 0 unspecified atom stereocenters. The third-order valence-corrected chi connectivity index (χ3v) is 4.04. The Kier molecular flexibility index (Phi) is 6.04. The van der Waals surface area contributed by atoms with Gasteiger partial charge in [-0.05, 0) is 26.0 Å². The summed E-state index contributed by atoms with van der Waals surface area (Å²) < 4.78 is 7.48. The normalized spacial score (nSPS) is 10.7. The fraction of sp³-hybridized carbons (Fsp3) is 0.294. The van der Waals surface area contributed by atoms with Gasteiger partial charge >= 0.3 is 12.0 Å². The van der Waals surface area contributed by atoms with Crippen molar-refractivity contribution in [3.8, 4) is 11.3 Å². The summed E-state index contributed by atoms with van der Waals surface area (Å²) in [6.07, 6.45) is 4.85. The van der Waals surface area contributed by atoms with Gasteiger partial charge in [0.25, 0.3) is 0 Å². The van der Waals surface area contributed by atoms with Crippen LogP contribution in [0, 0.1) is 0 Å². The number of pyridine rings is 1. The first-order valence-electron chi connectivity index (χ1n) is 8.61. The smallest absolute Gasteiger partial charge is 0.333 e. The lowest BCUT2D eigenvalue weighted by atomic mass is 10.2. The molecule has 10 nitrogen and oxygen atoms in total. The lowest BCUT2D eigenvalue weighted by molar-refractivity contribution is -0.144. The van der Waals surface area contributed by atoms with Crippen LogP contribution in [0.3, 0.4) is 0 Å². The second-order valence-electron chi connectivity index (χ2n) is 5.65. The third kappa shape index (κ3) is 4.36. The molecule has 0 spiro atoms. The van der Waals surface area contributed by atoms with Crippen molar-refractivity contribution in [2.75, 3.05) is 17.5 Å². The SMILES string of the molecule is CCNC(=O)N(S)c1ccc2ncc(-c3cnn(CC(=O)OCC)c3)nc2n1. The van der Waals surface area contributed by atoms with E-state index >= 15 is 0 Å². The number of rotatable bonds is 6. The first-order chi connectivity index (χ1) is 13.5. The van der Waals surface area contributed by atoms with Crippen molar-refractivity contribution in [2.45, 2.75) is 20.4 Å². The van der Waals surface area contributed by atoms with Crippen LogP contribution < -0.4 is 9.62 Å². The molecule has 3 heterocycles. The Morgan fingerprint density at radius 2 is 2.07 bits per heavy atom. The highest BCUT2D eigenvalue weighted by Crippen LogP contribution is 2.21. The van der Waals surface area contributed by atoms with Gasteiger partial charge in [-0.15, -0.1) is 0 Å². The first-order valence-corrected chi connectivity index (χ1v) is 9.01. The molecule has 0 aliphatic rings. The summed E-state index contributed by atoms with van der Waals surface area (Å²) in [6, 6.07) is 2.96. The molecule has 1 N–H and O–H groups in total. The molecule has 0 fully saturated rings. The minimum atomic E-state index is -0.387. The van der Waals surface area contributed by atoms with Gasteiger partial charge in [0, 0.05) is 18.3 Å². The molecular weight excluding hydrogens is 382 g/mol. The zero-order valence-electron chi connectivity index (χ0n) is 15.4. The van der Waals surface area contributed by atoms with E-state index in [4.69, 9.17) is 4.74 Å². The van der Waals surface area contributed by atoms with Crippen molar-refractivity contribution in [3.63, 3.8) is 0 Å². The monoisotopic (exact) mass is 401 g/mol. The molecule has 0 saturated heterocycles. The molecule has 0 radical (unpaired) electrons. The van der Waals surface area contributed by atoms with E-state index in [2.05, 4.69) is 38.2 Å². The molecular formula is C17H19N7O3S. The molecule has 3 aromatic rings. The second-order valence-corrected chi connectivity index (χ2v) is 6.05. The number of hydrogen-bond donors (Lipinski definition) is 2. The summed E-state index contributed by atoms with van der Waals surface area (Å²) in [5.41, 5.74) is 2.15. The van der Waals surface area contributed by atoms with Gasteiger partial charge < -0.3 is 10.1 Å². The fourth-order valence-corrected chi connectivity index (χ4v) is 2.58. The molecule has 2 amide bonds. The molecule has 3 rings (SSSR count). The topological polar surface area (TPSA) is 115 Å². The van der Waals surface area contributed by atoms with Gasteiger partial charge in [0.05, 0.1) is 24.7 Å². The van der Waals surface area contributed by atoms with Crippen LogP contribution >= 0.6 is 12.8 Å². The number of carbonyl (C=O) groups excluding carboxylic acids is 2. The van der Waals surface area contributed by atoms with Gasteiger partial charge in [0.15, 0.2) is 5.65 Å². The van der Waals surface area contributed by atoms with E-state index in [9.17, 15) is 9.59 Å². The van der Waals surface area contributed by atoms with Gasteiger partial charge in [0.1, 0.15) is 17.9 Å². The van der Waals surface area contributed by atoms with Crippen LogP contribution in [0.15, 0.2) is 30.7 Å². The Balaban J connectivity index is 1.86. The highest BCUT2D eigenvalue weighted by atomic mass is 32.1. The standard InChI is InChI=1S/C17H19N7O3S/c1-3-18-17(26)24(28)14-6-5-12-16(22-14)21-13(8-19-12)11-7-20-23(9-11)10-15(25)27-4-2/h5-9,28H,3-4,10H2,1-2H3,(H,18,26). The van der Waals surface area contributed by atoms with E-state index in [1.165, 1.54) is 4.68 Å². The summed E-state index contributed by atoms with van der Waals surface area (Å²) in [4.78, 5) is 36.7. The maximum atomic E-state index is 11.9. The number of ether oxygens (including phenoxy) is 1. The van der Waals surface area contributed by atoms with Gasteiger partial charge in [-0.2, -0.15) is 5.10 Å². The molecule has 28 heavy (non-hydrogen) atoms. The summed E-state index contributed by atoms with van der Waals surface area (Å²) in [6.45, 7) is 4.36. The molecule has 146 valence electrons. The summed E-state index contributed by atoms with van der Waals surface area (Å²) >= 11 is 4.18. The number of aromatic nitrogens is 5. The number of nitrogens with one attached hydrogen (secondary N) is 1. The summed E-state index contributed by atoms with van der Waals surface area (Å²) in [7, 11) is 0. The Hall–Kier alpha value is -3.21. The molecule has 0 aliphatic heterocycles. The van der Waals surface area contributed by atoms with Crippen molar-refractivity contribution in [1.29, 1.82) is 0 Å². The van der Waals surface area contributed by atoms with Gasteiger partial charge in [-0.3, -0.25) is 14.5 Å². The third-order valence-electron chi connectivity index (χ3n) is 3.65. The van der Waals surface area contributed by atoms with Crippen LogP contribution in [0.2, 0.25) is 0 Å². The molecule has 0 atom stereocenters. The maximum absolute atomic E-state index is 11.9. The number of anilines is 1. The van der Waals surface area contributed by atoms with Crippen LogP contribution in [0.4, 0.5) is 10.6 Å². The number of esters is 1. The van der Waals surface area contributed by atoms with E-state index in [-0.39, 0.29) is 18.5 Å². The lowest BCUT2D eigenvalue weighted by Gasteiger charge is -2.14. The molecule has 0 bridgehead atoms. The number of thiol groups is 1. The molecule has 0 saturated carbocycles. The highest BCUT2D eigenvalue weighted by molar-refractivity contribution is 7.82. The van der Waals surface area contributed by atoms with Crippen molar-refractivity contribution in [3.05, 3.63) is 30.7 Å². The van der Waals surface area contributed by atoms with Crippen LogP contribution in [-0.4, -0.2) is 49.9 Å². The average Bonchev–Trinajstić information content (AvgIpc) is 3.15.